The van der Waals surface area contributed by atoms with Crippen molar-refractivity contribution in [1.82, 2.24) is 5.32 Å². The van der Waals surface area contributed by atoms with Crippen molar-refractivity contribution in [2.45, 2.75) is 75.5 Å². The fraction of sp³-hybridized carbons (Fsp3) is 0.929. The summed E-state index contributed by atoms with van der Waals surface area (Å²) in [6.07, 6.45) is -8.97. The van der Waals surface area contributed by atoms with Gasteiger partial charge in [0, 0.05) is 13.3 Å². The van der Waals surface area contributed by atoms with E-state index in [9.17, 15) is 30.3 Å². The number of carbonyl (C=O) groups is 1. The molecule has 0 radical (unpaired) electrons. The molecule has 140 valence electrons. The van der Waals surface area contributed by atoms with Crippen LogP contribution in [0.3, 0.4) is 0 Å². The van der Waals surface area contributed by atoms with Gasteiger partial charge in [0.1, 0.15) is 30.5 Å². The summed E-state index contributed by atoms with van der Waals surface area (Å²) in [4.78, 5) is 11.3. The second-order valence-corrected chi connectivity index (χ2v) is 6.13. The van der Waals surface area contributed by atoms with Crippen LogP contribution in [0.5, 0.6) is 0 Å². The minimum absolute atomic E-state index is 0.0533. The zero-order chi connectivity index (χ0) is 18.0. The average Bonchev–Trinajstić information content (AvgIpc) is 2.51. The van der Waals surface area contributed by atoms with E-state index in [-0.39, 0.29) is 6.42 Å². The van der Waals surface area contributed by atoms with Crippen LogP contribution in [0.15, 0.2) is 0 Å². The summed E-state index contributed by atoms with van der Waals surface area (Å²) in [5, 5.41) is 51.5. The van der Waals surface area contributed by atoms with E-state index in [1.165, 1.54) is 6.92 Å². The molecule has 2 aliphatic rings. The van der Waals surface area contributed by atoms with E-state index >= 15 is 0 Å². The smallest absolute Gasteiger partial charge is 0.217 e. The quantitative estimate of drug-likeness (QED) is 0.307. The van der Waals surface area contributed by atoms with E-state index in [2.05, 4.69) is 5.32 Å². The van der Waals surface area contributed by atoms with Crippen LogP contribution in [-0.4, -0.2) is 93.3 Å². The van der Waals surface area contributed by atoms with E-state index in [0.29, 0.717) is 0 Å². The Morgan fingerprint density at radius 3 is 2.42 bits per heavy atom. The third-order valence-corrected chi connectivity index (χ3v) is 4.23. The molecule has 1 amide bonds. The molecule has 2 heterocycles. The van der Waals surface area contributed by atoms with E-state index < -0.39 is 67.8 Å². The predicted molar refractivity (Wildman–Crippen MR) is 77.4 cm³/mol. The zero-order valence-electron chi connectivity index (χ0n) is 13.5. The summed E-state index contributed by atoms with van der Waals surface area (Å²) in [5.74, 6) is -0.473. The van der Waals surface area contributed by atoms with Crippen LogP contribution in [-0.2, 0) is 19.0 Å². The summed E-state index contributed by atoms with van der Waals surface area (Å²) < 4.78 is 16.1. The van der Waals surface area contributed by atoms with Gasteiger partial charge < -0.3 is 45.1 Å². The van der Waals surface area contributed by atoms with Crippen molar-refractivity contribution in [3.63, 3.8) is 0 Å². The number of carbonyl (C=O) groups excluding carboxylic acids is 1. The third kappa shape index (κ3) is 4.21. The largest absolute Gasteiger partial charge is 0.394 e. The number of ether oxygens (including phenoxy) is 3. The number of hydrogen-bond acceptors (Lipinski definition) is 9. The lowest BCUT2D eigenvalue weighted by Gasteiger charge is -2.45. The van der Waals surface area contributed by atoms with Crippen molar-refractivity contribution in [2.24, 2.45) is 0 Å². The minimum atomic E-state index is -1.50. The first kappa shape index (κ1) is 19.5. The molecule has 2 fully saturated rings. The fourth-order valence-electron chi connectivity index (χ4n) is 2.92. The third-order valence-electron chi connectivity index (χ3n) is 4.23. The molecule has 2 rings (SSSR count). The van der Waals surface area contributed by atoms with Crippen molar-refractivity contribution in [3.05, 3.63) is 0 Å². The maximum Gasteiger partial charge on any atom is 0.217 e. The normalized spacial score (nSPS) is 46.5. The molecule has 0 spiro atoms. The lowest BCUT2D eigenvalue weighted by atomic mass is 9.96. The lowest BCUT2D eigenvalue weighted by molar-refractivity contribution is -0.313. The number of rotatable bonds is 4. The minimum Gasteiger partial charge on any atom is -0.394 e. The summed E-state index contributed by atoms with van der Waals surface area (Å²) in [6.45, 7) is 2.22. The second-order valence-electron chi connectivity index (χ2n) is 6.13. The summed E-state index contributed by atoms with van der Waals surface area (Å²) in [7, 11) is 0. The lowest BCUT2D eigenvalue weighted by Crippen LogP contribution is -2.65. The Morgan fingerprint density at radius 2 is 1.88 bits per heavy atom. The molecule has 0 aromatic heterocycles. The Kier molecular flexibility index (Phi) is 6.51. The van der Waals surface area contributed by atoms with E-state index in [0.717, 1.165) is 0 Å². The molecule has 0 saturated carbocycles. The highest BCUT2D eigenvalue weighted by molar-refractivity contribution is 5.73. The van der Waals surface area contributed by atoms with Gasteiger partial charge in [-0.3, -0.25) is 4.79 Å². The van der Waals surface area contributed by atoms with Crippen molar-refractivity contribution in [2.75, 3.05) is 6.61 Å². The van der Waals surface area contributed by atoms with Gasteiger partial charge >= 0.3 is 0 Å². The Bertz CT molecular complexity index is 424. The van der Waals surface area contributed by atoms with Gasteiger partial charge in [0.05, 0.1) is 18.8 Å². The summed E-state index contributed by atoms with van der Waals surface area (Å²) in [5.41, 5.74) is 0. The molecule has 6 N–H and O–H groups in total. The van der Waals surface area contributed by atoms with Gasteiger partial charge in [-0.25, -0.2) is 0 Å². The summed E-state index contributed by atoms with van der Waals surface area (Å²) >= 11 is 0. The highest BCUT2D eigenvalue weighted by atomic mass is 16.7. The molecule has 2 aliphatic heterocycles. The van der Waals surface area contributed by atoms with Gasteiger partial charge in [-0.1, -0.05) is 0 Å². The van der Waals surface area contributed by atoms with Crippen molar-refractivity contribution in [3.8, 4) is 0 Å². The maximum atomic E-state index is 11.3. The molecule has 10 nitrogen and oxygen atoms in total. The van der Waals surface area contributed by atoms with Gasteiger partial charge in [0.2, 0.25) is 5.91 Å². The van der Waals surface area contributed by atoms with Crippen LogP contribution < -0.4 is 5.32 Å². The number of aliphatic hydroxyl groups excluding tert-OH is 5. The predicted octanol–water partition coefficient (Wildman–Crippen LogP) is -3.20. The van der Waals surface area contributed by atoms with Gasteiger partial charge in [0.15, 0.2) is 12.6 Å². The maximum absolute atomic E-state index is 11.3. The Morgan fingerprint density at radius 1 is 1.21 bits per heavy atom. The Labute approximate surface area is 138 Å². The van der Waals surface area contributed by atoms with Crippen LogP contribution in [0.2, 0.25) is 0 Å². The molecule has 0 bridgehead atoms. The van der Waals surface area contributed by atoms with Gasteiger partial charge in [-0.2, -0.15) is 0 Å². The van der Waals surface area contributed by atoms with Crippen molar-refractivity contribution < 1.29 is 44.5 Å². The van der Waals surface area contributed by atoms with E-state index in [1.54, 1.807) is 6.92 Å². The molecule has 10 heteroatoms. The molecule has 9 atom stereocenters. The first-order valence-corrected chi connectivity index (χ1v) is 7.81. The molecule has 0 aliphatic carbocycles. The average molecular weight is 351 g/mol. The van der Waals surface area contributed by atoms with Crippen molar-refractivity contribution >= 4 is 5.91 Å². The van der Waals surface area contributed by atoms with Crippen LogP contribution in [0.4, 0.5) is 0 Å². The molecular formula is C14H25NO9. The second kappa shape index (κ2) is 8.02. The SMILES string of the molecule is CC(=O)NC1C(O[C@H]2CC(O)[C@@H](O)C(C)O2)[C@H](O)C(CO)O[C@H]1O. The first-order chi connectivity index (χ1) is 11.2. The highest BCUT2D eigenvalue weighted by Crippen LogP contribution is 2.28. The number of aliphatic hydroxyl groups is 5. The standard InChI is InChI=1S/C14H25NO9/c1-5-11(19)7(18)3-9(22-5)24-13-10(15-6(2)17)14(21)23-8(4-16)12(13)20/h5,7-14,16,18-21H,3-4H2,1-2H3,(H,15,17)/t5?,7?,8?,9-,10?,11-,12+,13?,14+/m0/s1. The van der Waals surface area contributed by atoms with Gasteiger partial charge in [-0.05, 0) is 6.92 Å². The van der Waals surface area contributed by atoms with Crippen LogP contribution in [0.1, 0.15) is 20.3 Å². The van der Waals surface area contributed by atoms with Crippen LogP contribution >= 0.6 is 0 Å². The molecule has 5 unspecified atom stereocenters. The van der Waals surface area contributed by atoms with Gasteiger partial charge in [0.25, 0.3) is 0 Å². The van der Waals surface area contributed by atoms with E-state index in [1.807, 2.05) is 0 Å². The molecular weight excluding hydrogens is 326 g/mol. The number of amides is 1. The van der Waals surface area contributed by atoms with Gasteiger partial charge in [-0.15, -0.1) is 0 Å². The number of nitrogens with one attached hydrogen (secondary N) is 1. The summed E-state index contributed by atoms with van der Waals surface area (Å²) in [6, 6.07) is -1.09. The Balaban J connectivity index is 2.13. The number of hydrogen-bond donors (Lipinski definition) is 6. The monoisotopic (exact) mass is 351 g/mol. The molecule has 0 aromatic carbocycles. The first-order valence-electron chi connectivity index (χ1n) is 7.81. The van der Waals surface area contributed by atoms with E-state index in [4.69, 9.17) is 14.2 Å². The Hall–Kier alpha value is -0.850. The zero-order valence-corrected chi connectivity index (χ0v) is 13.5. The van der Waals surface area contributed by atoms with Crippen molar-refractivity contribution in [1.29, 1.82) is 0 Å². The molecule has 24 heavy (non-hydrogen) atoms. The van der Waals surface area contributed by atoms with Crippen LogP contribution in [0.25, 0.3) is 0 Å². The van der Waals surface area contributed by atoms with Crippen LogP contribution in [0, 0.1) is 0 Å². The highest BCUT2D eigenvalue weighted by Gasteiger charge is 2.48. The molecule has 2 saturated heterocycles. The molecule has 0 aromatic rings. The topological polar surface area (TPSA) is 158 Å². The fourth-order valence-corrected chi connectivity index (χ4v) is 2.92.